The summed E-state index contributed by atoms with van der Waals surface area (Å²) < 4.78 is 1.91. The topological polar surface area (TPSA) is 51.0 Å². The molecule has 0 saturated carbocycles. The van der Waals surface area contributed by atoms with E-state index in [0.29, 0.717) is 0 Å². The first-order valence-corrected chi connectivity index (χ1v) is 7.82. The average molecular weight is 290 g/mol. The predicted molar refractivity (Wildman–Crippen MR) is 77.8 cm³/mol. The van der Waals surface area contributed by atoms with Gasteiger partial charge in [0.15, 0.2) is 0 Å². The number of hydrogen-bond acceptors (Lipinski definition) is 4. The zero-order valence-corrected chi connectivity index (χ0v) is 12.3. The fourth-order valence-electron chi connectivity index (χ4n) is 2.72. The van der Waals surface area contributed by atoms with Crippen LogP contribution in [0.1, 0.15) is 34.6 Å². The maximum absolute atomic E-state index is 12.7. The van der Waals surface area contributed by atoms with Gasteiger partial charge < -0.3 is 4.90 Å². The number of carbonyl (C=O) groups excluding carboxylic acids is 1. The molecule has 1 fully saturated rings. The van der Waals surface area contributed by atoms with Crippen molar-refractivity contribution in [2.45, 2.75) is 38.8 Å². The molecule has 2 aromatic rings. The number of nitrogens with zero attached hydrogens (tertiary/aromatic N) is 4. The summed E-state index contributed by atoms with van der Waals surface area (Å²) in [6, 6.07) is 2.15. The number of thiazole rings is 1. The Balaban J connectivity index is 1.78. The van der Waals surface area contributed by atoms with Crippen molar-refractivity contribution in [1.82, 2.24) is 19.7 Å². The van der Waals surface area contributed by atoms with Gasteiger partial charge in [0, 0.05) is 18.9 Å². The molecule has 0 N–H and O–H groups in total. The van der Waals surface area contributed by atoms with Crippen LogP contribution >= 0.6 is 11.3 Å². The van der Waals surface area contributed by atoms with E-state index < -0.39 is 0 Å². The van der Waals surface area contributed by atoms with E-state index in [2.05, 4.69) is 10.1 Å². The van der Waals surface area contributed by atoms with Gasteiger partial charge in [0.1, 0.15) is 4.88 Å². The van der Waals surface area contributed by atoms with Gasteiger partial charge in [-0.05, 0) is 32.3 Å². The van der Waals surface area contributed by atoms with Crippen LogP contribution in [-0.4, -0.2) is 38.2 Å². The van der Waals surface area contributed by atoms with E-state index in [-0.39, 0.29) is 11.9 Å². The highest BCUT2D eigenvalue weighted by atomic mass is 32.1. The molecule has 3 heterocycles. The van der Waals surface area contributed by atoms with Gasteiger partial charge in [-0.2, -0.15) is 5.10 Å². The van der Waals surface area contributed by atoms with Gasteiger partial charge in [0.25, 0.3) is 5.91 Å². The number of hydrogen-bond donors (Lipinski definition) is 0. The fraction of sp³-hybridized carbons (Fsp3) is 0.500. The van der Waals surface area contributed by atoms with E-state index in [0.717, 1.165) is 36.5 Å². The SMILES string of the molecule is Cc1ncsc1C(=O)N1CCCC[C@H]1Cn1cccn1. The fourth-order valence-corrected chi connectivity index (χ4v) is 3.48. The largest absolute Gasteiger partial charge is 0.333 e. The van der Waals surface area contributed by atoms with Crippen LogP contribution in [0.25, 0.3) is 0 Å². The van der Waals surface area contributed by atoms with Crippen molar-refractivity contribution < 1.29 is 4.79 Å². The predicted octanol–water partition coefficient (Wildman–Crippen LogP) is 2.34. The van der Waals surface area contributed by atoms with Crippen molar-refractivity contribution in [3.8, 4) is 0 Å². The molecule has 0 aromatic carbocycles. The first kappa shape index (κ1) is 13.3. The number of piperidine rings is 1. The molecular weight excluding hydrogens is 272 g/mol. The Kier molecular flexibility index (Phi) is 3.82. The summed E-state index contributed by atoms with van der Waals surface area (Å²) in [5.41, 5.74) is 2.58. The second-order valence-corrected chi connectivity index (χ2v) is 6.00. The van der Waals surface area contributed by atoms with Gasteiger partial charge in [-0.25, -0.2) is 4.98 Å². The summed E-state index contributed by atoms with van der Waals surface area (Å²) >= 11 is 1.44. The van der Waals surface area contributed by atoms with Crippen LogP contribution in [0, 0.1) is 6.92 Å². The van der Waals surface area contributed by atoms with Crippen molar-refractivity contribution in [3.63, 3.8) is 0 Å². The lowest BCUT2D eigenvalue weighted by Gasteiger charge is -2.35. The molecule has 1 amide bonds. The Morgan fingerprint density at radius 1 is 1.50 bits per heavy atom. The van der Waals surface area contributed by atoms with Crippen LogP contribution in [0.3, 0.4) is 0 Å². The monoisotopic (exact) mass is 290 g/mol. The van der Waals surface area contributed by atoms with Crippen LogP contribution < -0.4 is 0 Å². The normalized spacial score (nSPS) is 19.2. The molecular formula is C14H18N4OS. The highest BCUT2D eigenvalue weighted by molar-refractivity contribution is 7.11. The number of likely N-dealkylation sites (tertiary alicyclic amines) is 1. The van der Waals surface area contributed by atoms with Gasteiger partial charge >= 0.3 is 0 Å². The van der Waals surface area contributed by atoms with E-state index in [9.17, 15) is 4.79 Å². The maximum Gasteiger partial charge on any atom is 0.266 e. The van der Waals surface area contributed by atoms with Crippen molar-refractivity contribution in [2.24, 2.45) is 0 Å². The number of aromatic nitrogens is 3. The molecule has 2 aromatic heterocycles. The molecule has 1 atom stereocenters. The lowest BCUT2D eigenvalue weighted by atomic mass is 10.0. The summed E-state index contributed by atoms with van der Waals surface area (Å²) in [6.45, 7) is 3.51. The Hall–Kier alpha value is -1.69. The molecule has 1 saturated heterocycles. The third-order valence-electron chi connectivity index (χ3n) is 3.78. The molecule has 1 aliphatic rings. The Bertz CT molecular complexity index is 578. The Morgan fingerprint density at radius 2 is 2.40 bits per heavy atom. The first-order valence-electron chi connectivity index (χ1n) is 6.94. The number of carbonyl (C=O) groups is 1. The van der Waals surface area contributed by atoms with Gasteiger partial charge in [0.05, 0.1) is 23.8 Å². The second-order valence-electron chi connectivity index (χ2n) is 5.14. The highest BCUT2D eigenvalue weighted by Crippen LogP contribution is 2.23. The van der Waals surface area contributed by atoms with E-state index >= 15 is 0 Å². The van der Waals surface area contributed by atoms with E-state index in [1.54, 1.807) is 11.7 Å². The Morgan fingerprint density at radius 3 is 3.10 bits per heavy atom. The molecule has 6 heteroatoms. The van der Waals surface area contributed by atoms with Crippen molar-refractivity contribution in [1.29, 1.82) is 0 Å². The summed E-state index contributed by atoms with van der Waals surface area (Å²) in [5.74, 6) is 0.127. The minimum atomic E-state index is 0.127. The molecule has 106 valence electrons. The minimum absolute atomic E-state index is 0.127. The van der Waals surface area contributed by atoms with Crippen LogP contribution in [0.2, 0.25) is 0 Å². The van der Waals surface area contributed by atoms with E-state index in [4.69, 9.17) is 0 Å². The Labute approximate surface area is 122 Å². The van der Waals surface area contributed by atoms with Gasteiger partial charge in [-0.3, -0.25) is 9.48 Å². The summed E-state index contributed by atoms with van der Waals surface area (Å²) in [7, 11) is 0. The molecule has 1 aliphatic heterocycles. The summed E-state index contributed by atoms with van der Waals surface area (Å²) in [4.78, 5) is 19.7. The average Bonchev–Trinajstić information content (AvgIpc) is 3.10. The smallest absolute Gasteiger partial charge is 0.266 e. The number of aryl methyl sites for hydroxylation is 1. The molecule has 20 heavy (non-hydrogen) atoms. The van der Waals surface area contributed by atoms with Gasteiger partial charge in [0.2, 0.25) is 0 Å². The zero-order chi connectivity index (χ0) is 13.9. The summed E-state index contributed by atoms with van der Waals surface area (Å²) in [6.07, 6.45) is 7.04. The van der Waals surface area contributed by atoms with Crippen LogP contribution in [0.5, 0.6) is 0 Å². The number of amides is 1. The minimum Gasteiger partial charge on any atom is -0.333 e. The van der Waals surface area contributed by atoms with Crippen molar-refractivity contribution in [3.05, 3.63) is 34.5 Å². The van der Waals surface area contributed by atoms with Crippen molar-refractivity contribution >= 4 is 17.2 Å². The molecule has 0 spiro atoms. The second kappa shape index (κ2) is 5.75. The van der Waals surface area contributed by atoms with E-state index in [1.807, 2.05) is 28.8 Å². The highest BCUT2D eigenvalue weighted by Gasteiger charge is 2.29. The standard InChI is InChI=1S/C14H18N4OS/c1-11-13(20-10-15-11)14(19)18-8-3-2-5-12(18)9-17-7-4-6-16-17/h4,6-7,10,12H,2-3,5,8-9H2,1H3/t12-/m0/s1. The lowest BCUT2D eigenvalue weighted by molar-refractivity contribution is 0.0588. The summed E-state index contributed by atoms with van der Waals surface area (Å²) in [5, 5.41) is 4.25. The van der Waals surface area contributed by atoms with Crippen LogP contribution in [0.15, 0.2) is 24.0 Å². The zero-order valence-electron chi connectivity index (χ0n) is 11.5. The third-order valence-corrected chi connectivity index (χ3v) is 4.70. The lowest BCUT2D eigenvalue weighted by Crippen LogP contribution is -2.45. The molecule has 5 nitrogen and oxygen atoms in total. The van der Waals surface area contributed by atoms with Gasteiger partial charge in [-0.1, -0.05) is 0 Å². The maximum atomic E-state index is 12.7. The van der Waals surface area contributed by atoms with Crippen LogP contribution in [-0.2, 0) is 6.54 Å². The first-order chi connectivity index (χ1) is 9.75. The molecule has 0 bridgehead atoms. The van der Waals surface area contributed by atoms with Crippen molar-refractivity contribution in [2.75, 3.05) is 6.54 Å². The molecule has 0 unspecified atom stereocenters. The molecule has 0 aliphatic carbocycles. The van der Waals surface area contributed by atoms with E-state index in [1.165, 1.54) is 17.8 Å². The van der Waals surface area contributed by atoms with Crippen LogP contribution in [0.4, 0.5) is 0 Å². The quantitative estimate of drug-likeness (QED) is 0.872. The number of rotatable bonds is 3. The van der Waals surface area contributed by atoms with Gasteiger partial charge in [-0.15, -0.1) is 11.3 Å². The molecule has 3 rings (SSSR count). The third kappa shape index (κ3) is 2.60. The molecule has 0 radical (unpaired) electrons.